The van der Waals surface area contributed by atoms with Crippen molar-refractivity contribution < 1.29 is 25.2 Å². The number of carbonyl (C=O) groups excluding carboxylic acids is 1. The zero-order valence-electron chi connectivity index (χ0n) is 17.2. The quantitative estimate of drug-likeness (QED) is 0.340. The third-order valence-corrected chi connectivity index (χ3v) is 5.35. The minimum atomic E-state index is -0.0574. The third-order valence-electron chi connectivity index (χ3n) is 5.35. The van der Waals surface area contributed by atoms with Crippen molar-refractivity contribution in [1.29, 1.82) is 0 Å². The summed E-state index contributed by atoms with van der Waals surface area (Å²) >= 11 is 0. The molecular formula is C27H22O5. The van der Waals surface area contributed by atoms with Gasteiger partial charge in [-0.1, -0.05) is 48.5 Å². The molecule has 4 rings (SSSR count). The minimum absolute atomic E-state index is 0.0264. The van der Waals surface area contributed by atoms with E-state index in [-0.39, 0.29) is 41.6 Å². The third kappa shape index (κ3) is 4.42. The van der Waals surface area contributed by atoms with Crippen LogP contribution in [-0.4, -0.2) is 26.2 Å². The molecule has 0 amide bonds. The average molecular weight is 426 g/mol. The fourth-order valence-electron chi connectivity index (χ4n) is 3.86. The van der Waals surface area contributed by atoms with Gasteiger partial charge in [-0.2, -0.15) is 0 Å². The van der Waals surface area contributed by atoms with Crippen molar-refractivity contribution in [2.24, 2.45) is 0 Å². The lowest BCUT2D eigenvalue weighted by Crippen LogP contribution is -2.08. The molecule has 0 aromatic heterocycles. The lowest BCUT2D eigenvalue weighted by molar-refractivity contribution is -0.117. The Morgan fingerprint density at radius 2 is 0.938 bits per heavy atom. The van der Waals surface area contributed by atoms with Gasteiger partial charge < -0.3 is 20.4 Å². The summed E-state index contributed by atoms with van der Waals surface area (Å²) in [4.78, 5) is 13.0. The summed E-state index contributed by atoms with van der Waals surface area (Å²) in [5.41, 5.74) is 4.07. The van der Waals surface area contributed by atoms with E-state index in [9.17, 15) is 25.2 Å². The van der Waals surface area contributed by atoms with E-state index >= 15 is 0 Å². The topological polar surface area (TPSA) is 98.0 Å². The lowest BCUT2D eigenvalue weighted by atomic mass is 9.91. The minimum Gasteiger partial charge on any atom is -0.508 e. The first-order valence-corrected chi connectivity index (χ1v) is 10.1. The highest BCUT2D eigenvalue weighted by Gasteiger charge is 2.16. The maximum absolute atomic E-state index is 13.0. The van der Waals surface area contributed by atoms with Crippen molar-refractivity contribution in [2.45, 2.75) is 12.8 Å². The van der Waals surface area contributed by atoms with Crippen LogP contribution in [0.25, 0.3) is 22.3 Å². The van der Waals surface area contributed by atoms with Crippen molar-refractivity contribution >= 4 is 5.78 Å². The highest BCUT2D eigenvalue weighted by Crippen LogP contribution is 2.36. The van der Waals surface area contributed by atoms with Crippen LogP contribution in [0.1, 0.15) is 11.1 Å². The highest BCUT2D eigenvalue weighted by molar-refractivity contribution is 5.88. The van der Waals surface area contributed by atoms with Gasteiger partial charge in [-0.05, 0) is 46.5 Å². The summed E-state index contributed by atoms with van der Waals surface area (Å²) in [6.07, 6.45) is 0.318. The smallest absolute Gasteiger partial charge is 0.141 e. The largest absolute Gasteiger partial charge is 0.508 e. The number of Topliss-reactive ketones (excluding diaryl/α,β-unsaturated/α-hetero) is 1. The van der Waals surface area contributed by atoms with Crippen molar-refractivity contribution in [3.63, 3.8) is 0 Å². The number of ketones is 1. The first-order valence-electron chi connectivity index (χ1n) is 10.1. The Morgan fingerprint density at radius 3 is 1.34 bits per heavy atom. The summed E-state index contributed by atoms with van der Waals surface area (Å²) in [7, 11) is 0. The van der Waals surface area contributed by atoms with E-state index in [0.717, 1.165) is 22.3 Å². The molecule has 0 saturated heterocycles. The lowest BCUT2D eigenvalue weighted by Gasteiger charge is -2.13. The molecular weight excluding hydrogens is 404 g/mol. The molecule has 0 fully saturated rings. The van der Waals surface area contributed by atoms with Crippen LogP contribution in [0.2, 0.25) is 0 Å². The molecule has 0 aliphatic rings. The molecule has 0 atom stereocenters. The fourth-order valence-corrected chi connectivity index (χ4v) is 3.86. The Morgan fingerprint density at radius 1 is 0.531 bits per heavy atom. The van der Waals surface area contributed by atoms with Gasteiger partial charge in [0.15, 0.2) is 0 Å². The van der Waals surface area contributed by atoms with Crippen LogP contribution >= 0.6 is 0 Å². The standard InChI is InChI=1S/C27H22O5/c28-19-9-11-24(26(31)15-19)22-7-3-1-5-17(22)13-21(30)14-18-6-2-4-8-23(18)25-12-10-20(29)16-27(25)32/h1-12,15-16,28-29,31-32H,13-14H2. The maximum atomic E-state index is 13.0. The SMILES string of the molecule is O=C(Cc1ccccc1-c1ccc(O)cc1O)Cc1ccccc1-c1ccc(O)cc1O. The molecule has 4 aromatic rings. The first-order chi connectivity index (χ1) is 15.4. The van der Waals surface area contributed by atoms with Crippen LogP contribution in [0.4, 0.5) is 0 Å². The average Bonchev–Trinajstić information content (AvgIpc) is 2.75. The number of hydrogen-bond donors (Lipinski definition) is 4. The number of benzene rings is 4. The van der Waals surface area contributed by atoms with Crippen molar-refractivity contribution in [2.75, 3.05) is 0 Å². The fraction of sp³-hybridized carbons (Fsp3) is 0.0741. The van der Waals surface area contributed by atoms with Gasteiger partial charge >= 0.3 is 0 Å². The first kappa shape index (κ1) is 21.0. The second-order valence-corrected chi connectivity index (χ2v) is 7.61. The van der Waals surface area contributed by atoms with Gasteiger partial charge in [0.2, 0.25) is 0 Å². The van der Waals surface area contributed by atoms with Gasteiger partial charge in [0.25, 0.3) is 0 Å². The molecule has 32 heavy (non-hydrogen) atoms. The van der Waals surface area contributed by atoms with Crippen LogP contribution in [0.5, 0.6) is 23.0 Å². The number of hydrogen-bond acceptors (Lipinski definition) is 5. The molecule has 4 aromatic carbocycles. The molecule has 0 heterocycles. The van der Waals surface area contributed by atoms with Crippen molar-refractivity contribution in [3.05, 3.63) is 96.1 Å². The van der Waals surface area contributed by atoms with Crippen molar-refractivity contribution in [3.8, 4) is 45.3 Å². The van der Waals surface area contributed by atoms with Crippen LogP contribution in [0.15, 0.2) is 84.9 Å². The van der Waals surface area contributed by atoms with E-state index in [1.54, 1.807) is 12.1 Å². The maximum Gasteiger partial charge on any atom is 0.141 e. The van der Waals surface area contributed by atoms with Crippen LogP contribution in [0.3, 0.4) is 0 Å². The Balaban J connectivity index is 1.61. The van der Waals surface area contributed by atoms with Gasteiger partial charge in [-0.25, -0.2) is 0 Å². The van der Waals surface area contributed by atoms with Gasteiger partial charge in [0.05, 0.1) is 0 Å². The molecule has 5 heteroatoms. The molecule has 0 aliphatic heterocycles. The molecule has 0 spiro atoms. The number of phenols is 4. The van der Waals surface area contributed by atoms with Crippen LogP contribution in [0, 0.1) is 0 Å². The Kier molecular flexibility index (Phi) is 5.81. The number of phenolic OH excluding ortho intramolecular Hbond substituents is 4. The van der Waals surface area contributed by atoms with Crippen molar-refractivity contribution in [1.82, 2.24) is 0 Å². The van der Waals surface area contributed by atoms with E-state index < -0.39 is 0 Å². The van der Waals surface area contributed by atoms with Crippen LogP contribution < -0.4 is 0 Å². The van der Waals surface area contributed by atoms with E-state index in [0.29, 0.717) is 11.1 Å². The zero-order chi connectivity index (χ0) is 22.7. The molecule has 0 unspecified atom stereocenters. The Hall–Kier alpha value is -4.25. The normalized spacial score (nSPS) is 10.8. The van der Waals surface area contributed by atoms with E-state index in [1.807, 2.05) is 48.5 Å². The van der Waals surface area contributed by atoms with Gasteiger partial charge in [0.1, 0.15) is 28.8 Å². The summed E-state index contributed by atoms with van der Waals surface area (Å²) in [6.45, 7) is 0. The molecule has 0 bridgehead atoms. The highest BCUT2D eigenvalue weighted by atomic mass is 16.3. The second kappa shape index (κ2) is 8.86. The predicted octanol–water partition coefficient (Wildman–Crippen LogP) is 5.20. The zero-order valence-corrected chi connectivity index (χ0v) is 17.2. The number of carbonyl (C=O) groups is 1. The molecule has 5 nitrogen and oxygen atoms in total. The molecule has 4 N–H and O–H groups in total. The van der Waals surface area contributed by atoms with Gasteiger partial charge in [-0.3, -0.25) is 4.79 Å². The molecule has 160 valence electrons. The Bertz CT molecular complexity index is 1190. The summed E-state index contributed by atoms with van der Waals surface area (Å²) in [5, 5.41) is 39.7. The van der Waals surface area contributed by atoms with E-state index in [4.69, 9.17) is 0 Å². The molecule has 0 saturated carbocycles. The summed E-state index contributed by atoms with van der Waals surface area (Å²) < 4.78 is 0. The van der Waals surface area contributed by atoms with E-state index in [2.05, 4.69) is 0 Å². The van der Waals surface area contributed by atoms with Crippen LogP contribution in [-0.2, 0) is 17.6 Å². The Labute approximate surface area is 185 Å². The molecule has 0 radical (unpaired) electrons. The summed E-state index contributed by atoms with van der Waals surface area (Å²) in [5.74, 6) is -0.208. The van der Waals surface area contributed by atoms with E-state index in [1.165, 1.54) is 24.3 Å². The van der Waals surface area contributed by atoms with Gasteiger partial charge in [-0.15, -0.1) is 0 Å². The van der Waals surface area contributed by atoms with Gasteiger partial charge in [0, 0.05) is 36.1 Å². The number of aromatic hydroxyl groups is 4. The number of rotatable bonds is 6. The molecule has 0 aliphatic carbocycles. The summed E-state index contributed by atoms with van der Waals surface area (Å²) in [6, 6.07) is 23.5. The monoisotopic (exact) mass is 426 g/mol. The predicted molar refractivity (Wildman–Crippen MR) is 123 cm³/mol. The second-order valence-electron chi connectivity index (χ2n) is 7.61.